The first-order valence-electron chi connectivity index (χ1n) is 9.01. The summed E-state index contributed by atoms with van der Waals surface area (Å²) in [6.07, 6.45) is 1.88. The predicted molar refractivity (Wildman–Crippen MR) is 110 cm³/mol. The van der Waals surface area contributed by atoms with Crippen molar-refractivity contribution in [2.75, 3.05) is 48.8 Å². The second-order valence-electron chi connectivity index (χ2n) is 6.79. The van der Waals surface area contributed by atoms with Gasteiger partial charge in [-0.3, -0.25) is 9.59 Å². The maximum Gasteiger partial charge on any atom is 0.227 e. The van der Waals surface area contributed by atoms with E-state index in [-0.39, 0.29) is 24.2 Å². The third kappa shape index (κ3) is 4.89. The molecule has 0 saturated carbocycles. The fraction of sp³-hybridized carbons (Fsp3) is 0.368. The van der Waals surface area contributed by atoms with E-state index in [1.165, 1.54) is 0 Å². The molecule has 1 aliphatic rings. The molecule has 148 valence electrons. The van der Waals surface area contributed by atoms with Gasteiger partial charge < -0.3 is 20.4 Å². The predicted octanol–water partition coefficient (Wildman–Crippen LogP) is 1.78. The molecule has 0 spiro atoms. The van der Waals surface area contributed by atoms with Crippen LogP contribution in [0.4, 0.5) is 17.2 Å². The Morgan fingerprint density at radius 1 is 1.29 bits per heavy atom. The summed E-state index contributed by atoms with van der Waals surface area (Å²) >= 11 is 5.89. The highest BCUT2D eigenvalue weighted by Gasteiger charge is 2.34. The molecule has 1 atom stereocenters. The highest BCUT2D eigenvalue weighted by Crippen LogP contribution is 2.26. The summed E-state index contributed by atoms with van der Waals surface area (Å²) < 4.78 is 0. The van der Waals surface area contributed by atoms with Crippen LogP contribution < -0.4 is 20.4 Å². The van der Waals surface area contributed by atoms with Gasteiger partial charge in [-0.2, -0.15) is 5.10 Å². The zero-order valence-corrected chi connectivity index (χ0v) is 16.6. The molecule has 1 unspecified atom stereocenters. The lowest BCUT2D eigenvalue weighted by molar-refractivity contribution is -0.126. The average molecular weight is 403 g/mol. The molecule has 1 saturated heterocycles. The summed E-state index contributed by atoms with van der Waals surface area (Å²) in [6, 6.07) is 8.92. The van der Waals surface area contributed by atoms with Gasteiger partial charge in [0.25, 0.3) is 0 Å². The molecule has 9 heteroatoms. The largest absolute Gasteiger partial charge is 0.376 e. The lowest BCUT2D eigenvalue weighted by Crippen LogP contribution is -2.35. The van der Waals surface area contributed by atoms with Crippen LogP contribution in [-0.4, -0.2) is 55.7 Å². The number of hydrogen-bond acceptors (Lipinski definition) is 6. The van der Waals surface area contributed by atoms with E-state index in [1.807, 2.05) is 25.1 Å². The standard InChI is InChI=1S/C19H23ClN6O2/c1-25(2)16-10-17(24-23-11-16)21-7-8-22-19(28)13-9-18(27)26(12-13)15-5-3-14(20)4-6-15/h3-6,10-11,13H,7-9,12H2,1-2H3,(H,21,24)(H,22,28). The van der Waals surface area contributed by atoms with Gasteiger partial charge in [0.05, 0.1) is 17.8 Å². The van der Waals surface area contributed by atoms with E-state index in [9.17, 15) is 9.59 Å². The SMILES string of the molecule is CN(C)c1cnnc(NCCNC(=O)C2CC(=O)N(c3ccc(Cl)cc3)C2)c1. The van der Waals surface area contributed by atoms with Crippen molar-refractivity contribution in [3.63, 3.8) is 0 Å². The third-order valence-corrected chi connectivity index (χ3v) is 4.77. The van der Waals surface area contributed by atoms with Crippen molar-refractivity contribution in [3.8, 4) is 0 Å². The van der Waals surface area contributed by atoms with Crippen molar-refractivity contribution in [1.29, 1.82) is 0 Å². The van der Waals surface area contributed by atoms with Crippen LogP contribution in [0.25, 0.3) is 0 Å². The van der Waals surface area contributed by atoms with Crippen LogP contribution in [0, 0.1) is 5.92 Å². The molecule has 0 radical (unpaired) electrons. The number of hydrogen-bond donors (Lipinski definition) is 2. The Morgan fingerprint density at radius 2 is 2.04 bits per heavy atom. The minimum Gasteiger partial charge on any atom is -0.376 e. The third-order valence-electron chi connectivity index (χ3n) is 4.52. The van der Waals surface area contributed by atoms with E-state index in [0.717, 1.165) is 11.4 Å². The highest BCUT2D eigenvalue weighted by atomic mass is 35.5. The first-order valence-corrected chi connectivity index (χ1v) is 9.39. The summed E-state index contributed by atoms with van der Waals surface area (Å²) in [5.41, 5.74) is 1.69. The molecular weight excluding hydrogens is 380 g/mol. The van der Waals surface area contributed by atoms with E-state index < -0.39 is 0 Å². The van der Waals surface area contributed by atoms with Gasteiger partial charge in [-0.05, 0) is 24.3 Å². The minimum atomic E-state index is -0.361. The molecule has 1 aliphatic heterocycles. The molecule has 0 aliphatic carbocycles. The Labute approximate surface area is 168 Å². The number of halogens is 1. The van der Waals surface area contributed by atoms with E-state index in [0.29, 0.717) is 30.5 Å². The molecule has 1 aromatic carbocycles. The fourth-order valence-corrected chi connectivity index (χ4v) is 3.09. The first-order chi connectivity index (χ1) is 13.4. The zero-order chi connectivity index (χ0) is 20.1. The summed E-state index contributed by atoms with van der Waals surface area (Å²) in [5, 5.41) is 14.6. The van der Waals surface area contributed by atoms with Gasteiger partial charge in [0.1, 0.15) is 0 Å². The molecule has 0 bridgehead atoms. The van der Waals surface area contributed by atoms with Gasteiger partial charge in [-0.25, -0.2) is 0 Å². The zero-order valence-electron chi connectivity index (χ0n) is 15.9. The van der Waals surface area contributed by atoms with Gasteiger partial charge in [0.15, 0.2) is 5.82 Å². The molecule has 1 fully saturated rings. The van der Waals surface area contributed by atoms with Gasteiger partial charge >= 0.3 is 0 Å². The van der Waals surface area contributed by atoms with Crippen molar-refractivity contribution >= 4 is 40.6 Å². The fourth-order valence-electron chi connectivity index (χ4n) is 2.96. The second kappa shape index (κ2) is 8.88. The smallest absolute Gasteiger partial charge is 0.227 e. The summed E-state index contributed by atoms with van der Waals surface area (Å²) in [5.74, 6) is 0.0987. The molecule has 28 heavy (non-hydrogen) atoms. The summed E-state index contributed by atoms with van der Waals surface area (Å²) in [7, 11) is 3.86. The number of carbonyl (C=O) groups excluding carboxylic acids is 2. The maximum atomic E-state index is 12.4. The van der Waals surface area contributed by atoms with Crippen LogP contribution in [0.5, 0.6) is 0 Å². The lowest BCUT2D eigenvalue weighted by Gasteiger charge is -2.17. The van der Waals surface area contributed by atoms with E-state index in [1.54, 1.807) is 35.4 Å². The van der Waals surface area contributed by atoms with Gasteiger partial charge in [-0.1, -0.05) is 11.6 Å². The van der Waals surface area contributed by atoms with Gasteiger partial charge in [0.2, 0.25) is 11.8 Å². The Balaban J connectivity index is 1.46. The van der Waals surface area contributed by atoms with E-state index in [2.05, 4.69) is 20.8 Å². The summed E-state index contributed by atoms with van der Waals surface area (Å²) in [6.45, 7) is 1.31. The first kappa shape index (κ1) is 19.9. The Bertz CT molecular complexity index is 843. The topological polar surface area (TPSA) is 90.5 Å². The molecule has 2 aromatic rings. The van der Waals surface area contributed by atoms with Crippen LogP contribution in [0.3, 0.4) is 0 Å². The monoisotopic (exact) mass is 402 g/mol. The molecule has 1 aromatic heterocycles. The Morgan fingerprint density at radius 3 is 2.75 bits per heavy atom. The number of benzene rings is 1. The quantitative estimate of drug-likeness (QED) is 0.686. The maximum absolute atomic E-state index is 12.4. The molecule has 2 amide bonds. The van der Waals surface area contributed by atoms with Crippen LogP contribution in [0.2, 0.25) is 5.02 Å². The number of anilines is 3. The van der Waals surface area contributed by atoms with Crippen LogP contribution in [0.1, 0.15) is 6.42 Å². The number of nitrogens with zero attached hydrogens (tertiary/aromatic N) is 4. The van der Waals surface area contributed by atoms with Gasteiger partial charge in [-0.15, -0.1) is 5.10 Å². The average Bonchev–Trinajstić information content (AvgIpc) is 3.08. The van der Waals surface area contributed by atoms with Crippen molar-refractivity contribution in [1.82, 2.24) is 15.5 Å². The summed E-state index contributed by atoms with van der Waals surface area (Å²) in [4.78, 5) is 28.2. The van der Waals surface area contributed by atoms with Crippen LogP contribution in [0.15, 0.2) is 36.5 Å². The number of rotatable bonds is 7. The van der Waals surface area contributed by atoms with E-state index in [4.69, 9.17) is 11.6 Å². The van der Waals surface area contributed by atoms with Crippen molar-refractivity contribution < 1.29 is 9.59 Å². The second-order valence-corrected chi connectivity index (χ2v) is 7.23. The van der Waals surface area contributed by atoms with Crippen molar-refractivity contribution in [2.24, 2.45) is 5.92 Å². The Hall–Kier alpha value is -2.87. The Kier molecular flexibility index (Phi) is 6.30. The number of aromatic nitrogens is 2. The van der Waals surface area contributed by atoms with Crippen LogP contribution >= 0.6 is 11.6 Å². The number of nitrogens with one attached hydrogen (secondary N) is 2. The molecule has 8 nitrogen and oxygen atoms in total. The van der Waals surface area contributed by atoms with Crippen molar-refractivity contribution in [3.05, 3.63) is 41.6 Å². The highest BCUT2D eigenvalue weighted by molar-refractivity contribution is 6.30. The van der Waals surface area contributed by atoms with E-state index >= 15 is 0 Å². The molecule has 2 heterocycles. The minimum absolute atomic E-state index is 0.0589. The molecule has 3 rings (SSSR count). The lowest BCUT2D eigenvalue weighted by atomic mass is 10.1. The van der Waals surface area contributed by atoms with Gasteiger partial charge in [0, 0.05) is 56.9 Å². The number of amides is 2. The van der Waals surface area contributed by atoms with Crippen LogP contribution in [-0.2, 0) is 9.59 Å². The molecule has 2 N–H and O–H groups in total. The number of carbonyl (C=O) groups is 2. The molecular formula is C19H23ClN6O2. The normalized spacial score (nSPS) is 16.2. The van der Waals surface area contributed by atoms with Crippen molar-refractivity contribution in [2.45, 2.75) is 6.42 Å².